The molecule has 0 aromatic carbocycles. The first-order valence-electron chi connectivity index (χ1n) is 2.24. The average molecular weight is 189 g/mol. The fourth-order valence-electron chi connectivity index (χ4n) is 0.382. The van der Waals surface area contributed by atoms with E-state index in [4.69, 9.17) is 34.8 Å². The number of Topliss-reactive ketones (excluding diaryl/α,β-unsaturated/α-hetero) is 1. The maximum Gasteiger partial charge on any atom is 0.251 e. The fourth-order valence-corrected chi connectivity index (χ4v) is 0.747. The number of carbonyl (C=O) groups is 1. The Morgan fingerprint density at radius 1 is 1.56 bits per heavy atom. The van der Waals surface area contributed by atoms with Gasteiger partial charge in [0.1, 0.15) is 6.10 Å². The van der Waals surface area contributed by atoms with Crippen LogP contribution in [-0.2, 0) is 9.53 Å². The van der Waals surface area contributed by atoms with E-state index in [9.17, 15) is 4.79 Å². The van der Waals surface area contributed by atoms with Gasteiger partial charge in [0.2, 0.25) is 5.78 Å². The molecule has 1 aliphatic heterocycles. The lowest BCUT2D eigenvalue weighted by Gasteiger charge is -2.04. The van der Waals surface area contributed by atoms with Crippen molar-refractivity contribution in [2.45, 2.75) is 9.90 Å². The first-order valence-corrected chi connectivity index (χ1v) is 3.38. The first kappa shape index (κ1) is 7.61. The van der Waals surface area contributed by atoms with E-state index in [0.717, 1.165) is 0 Å². The number of ketones is 1. The molecule has 0 aromatic heterocycles. The summed E-state index contributed by atoms with van der Waals surface area (Å²) in [5.41, 5.74) is 0. The monoisotopic (exact) mass is 188 g/mol. The molecule has 0 aromatic rings. The average Bonchev–Trinajstić information content (AvgIpc) is 2.40. The predicted octanol–water partition coefficient (Wildman–Crippen LogP) is 1.32. The van der Waals surface area contributed by atoms with E-state index in [1.165, 1.54) is 0 Å². The second-order valence-corrected chi connectivity index (χ2v) is 3.97. The van der Waals surface area contributed by atoms with Crippen LogP contribution in [0.1, 0.15) is 0 Å². The minimum Gasteiger partial charge on any atom is -0.365 e. The van der Waals surface area contributed by atoms with Gasteiger partial charge in [-0.05, 0) is 0 Å². The lowest BCUT2D eigenvalue weighted by molar-refractivity contribution is -0.119. The van der Waals surface area contributed by atoms with Crippen molar-refractivity contribution in [1.82, 2.24) is 0 Å². The number of rotatable bonds is 1. The van der Waals surface area contributed by atoms with Gasteiger partial charge in [-0.25, -0.2) is 0 Å². The summed E-state index contributed by atoms with van der Waals surface area (Å²) >= 11 is 15.7. The minimum absolute atomic E-state index is 0.382. The Balaban J connectivity index is 2.50. The Morgan fingerprint density at radius 2 is 2.00 bits per heavy atom. The molecule has 0 aliphatic carbocycles. The maximum atomic E-state index is 10.7. The highest BCUT2D eigenvalue weighted by Crippen LogP contribution is 2.32. The van der Waals surface area contributed by atoms with Gasteiger partial charge in [-0.3, -0.25) is 4.79 Å². The van der Waals surface area contributed by atoms with Gasteiger partial charge in [0.15, 0.2) is 0 Å². The highest BCUT2D eigenvalue weighted by Gasteiger charge is 2.43. The molecule has 0 radical (unpaired) electrons. The van der Waals surface area contributed by atoms with E-state index in [2.05, 4.69) is 4.74 Å². The highest BCUT2D eigenvalue weighted by molar-refractivity contribution is 6.76. The van der Waals surface area contributed by atoms with E-state index >= 15 is 0 Å². The van der Waals surface area contributed by atoms with Gasteiger partial charge in [-0.15, -0.1) is 0 Å². The summed E-state index contributed by atoms with van der Waals surface area (Å²) in [6, 6.07) is 0. The molecule has 0 bridgehead atoms. The van der Waals surface area contributed by atoms with Crippen LogP contribution in [0, 0.1) is 0 Å². The van der Waals surface area contributed by atoms with Gasteiger partial charge in [0, 0.05) is 0 Å². The molecule has 5 heteroatoms. The number of alkyl halides is 3. The van der Waals surface area contributed by atoms with Crippen LogP contribution in [0.2, 0.25) is 0 Å². The molecule has 1 aliphatic rings. The summed E-state index contributed by atoms with van der Waals surface area (Å²) in [7, 11) is 0. The Morgan fingerprint density at radius 3 is 2.11 bits per heavy atom. The fraction of sp³-hybridized carbons (Fsp3) is 0.750. The van der Waals surface area contributed by atoms with Crippen molar-refractivity contribution in [1.29, 1.82) is 0 Å². The Labute approximate surface area is 67.0 Å². The summed E-state index contributed by atoms with van der Waals surface area (Å²) in [5, 5.41) is 0. The molecule has 52 valence electrons. The van der Waals surface area contributed by atoms with Crippen molar-refractivity contribution in [3.63, 3.8) is 0 Å². The minimum atomic E-state index is -1.80. The molecule has 1 heterocycles. The molecule has 1 rings (SSSR count). The van der Waals surface area contributed by atoms with Gasteiger partial charge in [0.05, 0.1) is 6.61 Å². The van der Waals surface area contributed by atoms with Gasteiger partial charge >= 0.3 is 0 Å². The van der Waals surface area contributed by atoms with Crippen LogP contribution in [0.25, 0.3) is 0 Å². The van der Waals surface area contributed by atoms with Crippen LogP contribution in [-0.4, -0.2) is 22.3 Å². The van der Waals surface area contributed by atoms with Crippen LogP contribution in [0.4, 0.5) is 0 Å². The second-order valence-electron chi connectivity index (χ2n) is 1.68. The molecule has 0 unspecified atom stereocenters. The van der Waals surface area contributed by atoms with Crippen LogP contribution < -0.4 is 0 Å². The van der Waals surface area contributed by atoms with E-state index in [1.807, 2.05) is 0 Å². The molecule has 9 heavy (non-hydrogen) atoms. The van der Waals surface area contributed by atoms with Crippen LogP contribution in [0.15, 0.2) is 0 Å². The second kappa shape index (κ2) is 2.27. The van der Waals surface area contributed by atoms with E-state index in [0.29, 0.717) is 6.61 Å². The van der Waals surface area contributed by atoms with E-state index < -0.39 is 15.7 Å². The van der Waals surface area contributed by atoms with Crippen molar-refractivity contribution in [3.05, 3.63) is 0 Å². The van der Waals surface area contributed by atoms with Gasteiger partial charge in [-0.1, -0.05) is 34.8 Å². The number of epoxide rings is 1. The van der Waals surface area contributed by atoms with Crippen LogP contribution in [0.5, 0.6) is 0 Å². The molecule has 0 saturated carbocycles. The quantitative estimate of drug-likeness (QED) is 0.460. The summed E-state index contributed by atoms with van der Waals surface area (Å²) < 4.78 is 2.79. The Hall–Kier alpha value is 0.500. The molecule has 0 spiro atoms. The van der Waals surface area contributed by atoms with Crippen molar-refractivity contribution in [2.75, 3.05) is 6.61 Å². The maximum absolute atomic E-state index is 10.7. The summed E-state index contributed by atoms with van der Waals surface area (Å²) in [5.74, 6) is -0.479. The predicted molar refractivity (Wildman–Crippen MR) is 35.0 cm³/mol. The third kappa shape index (κ3) is 1.97. The summed E-state index contributed by atoms with van der Waals surface area (Å²) in [4.78, 5) is 10.7. The third-order valence-electron chi connectivity index (χ3n) is 0.905. The van der Waals surface area contributed by atoms with Gasteiger partial charge in [0.25, 0.3) is 3.79 Å². The van der Waals surface area contributed by atoms with Crippen molar-refractivity contribution in [2.24, 2.45) is 0 Å². The summed E-state index contributed by atoms with van der Waals surface area (Å²) in [6.07, 6.45) is -0.475. The van der Waals surface area contributed by atoms with E-state index in [1.54, 1.807) is 0 Å². The van der Waals surface area contributed by atoms with Crippen LogP contribution in [0.3, 0.4) is 0 Å². The molecule has 0 N–H and O–H groups in total. The number of ether oxygens (including phenoxy) is 1. The molecule has 1 atom stereocenters. The van der Waals surface area contributed by atoms with E-state index in [-0.39, 0.29) is 0 Å². The Kier molecular flexibility index (Phi) is 1.92. The molecule has 2 nitrogen and oxygen atoms in total. The largest absolute Gasteiger partial charge is 0.365 e. The zero-order chi connectivity index (χ0) is 7.07. The smallest absolute Gasteiger partial charge is 0.251 e. The number of hydrogen-bond donors (Lipinski definition) is 0. The van der Waals surface area contributed by atoms with Crippen LogP contribution >= 0.6 is 34.8 Å². The SMILES string of the molecule is O=C([C@H]1CO1)C(Cl)(Cl)Cl. The van der Waals surface area contributed by atoms with Crippen molar-refractivity contribution < 1.29 is 9.53 Å². The normalized spacial score (nSPS) is 25.9. The molecule has 0 amide bonds. The number of carbonyl (C=O) groups excluding carboxylic acids is 1. The first-order chi connectivity index (χ1) is 4.02. The van der Waals surface area contributed by atoms with Gasteiger partial charge in [-0.2, -0.15) is 0 Å². The standard InChI is InChI=1S/C4H3Cl3O2/c5-4(6,7)3(8)2-1-9-2/h2H,1H2/t2-/m1/s1. The number of hydrogen-bond acceptors (Lipinski definition) is 2. The van der Waals surface area contributed by atoms with Crippen molar-refractivity contribution in [3.8, 4) is 0 Å². The van der Waals surface area contributed by atoms with Gasteiger partial charge < -0.3 is 4.74 Å². The zero-order valence-corrected chi connectivity index (χ0v) is 6.50. The highest BCUT2D eigenvalue weighted by atomic mass is 35.6. The zero-order valence-electron chi connectivity index (χ0n) is 4.23. The summed E-state index contributed by atoms with van der Waals surface area (Å²) in [6.45, 7) is 0.382. The number of halogens is 3. The topological polar surface area (TPSA) is 29.6 Å². The lowest BCUT2D eigenvalue weighted by atomic mass is 10.3. The lowest BCUT2D eigenvalue weighted by Crippen LogP contribution is -2.23. The van der Waals surface area contributed by atoms with Crippen molar-refractivity contribution >= 4 is 40.6 Å². The Bertz CT molecular complexity index is 135. The molecule has 1 saturated heterocycles. The third-order valence-corrected chi connectivity index (χ3v) is 1.46. The molecular weight excluding hydrogens is 186 g/mol. The molecular formula is C4H3Cl3O2. The molecule has 1 fully saturated rings.